The average Bonchev–Trinajstić information content (AvgIpc) is 3.26. The van der Waals surface area contributed by atoms with E-state index in [0.717, 1.165) is 20.0 Å². The van der Waals surface area contributed by atoms with Crippen molar-refractivity contribution in [2.75, 3.05) is 11.9 Å². The molecule has 3 aromatic rings. The number of carbonyl (C=O) groups is 1. The van der Waals surface area contributed by atoms with Crippen molar-refractivity contribution in [1.29, 1.82) is 0 Å². The molecule has 0 bridgehead atoms. The lowest BCUT2D eigenvalue weighted by atomic mass is 10.0. The van der Waals surface area contributed by atoms with Gasteiger partial charge in [0.2, 0.25) is 5.91 Å². The van der Waals surface area contributed by atoms with Crippen molar-refractivity contribution in [3.05, 3.63) is 81.2 Å². The summed E-state index contributed by atoms with van der Waals surface area (Å²) >= 11 is 10.8. The minimum atomic E-state index is -0.122. The normalized spacial score (nSPS) is 18.8. The Morgan fingerprint density at radius 1 is 1.18 bits per heavy atom. The zero-order chi connectivity index (χ0) is 19.5. The molecule has 0 radical (unpaired) electrons. The first-order valence-corrected chi connectivity index (χ1v) is 10.7. The van der Waals surface area contributed by atoms with Crippen molar-refractivity contribution < 1.29 is 4.79 Å². The molecule has 5 nitrogen and oxygen atoms in total. The molecule has 0 aliphatic carbocycles. The third-order valence-electron chi connectivity index (χ3n) is 4.45. The van der Waals surface area contributed by atoms with Crippen LogP contribution in [-0.4, -0.2) is 27.4 Å². The molecule has 2 aromatic heterocycles. The summed E-state index contributed by atoms with van der Waals surface area (Å²) in [6.07, 6.45) is 1.77. The maximum atomic E-state index is 12.7. The number of nitrogens with zero attached hydrogens (tertiary/aromatic N) is 2. The number of nitrogens with one attached hydrogen (secondary N) is 2. The van der Waals surface area contributed by atoms with Gasteiger partial charge in [0.25, 0.3) is 0 Å². The molecule has 0 saturated carbocycles. The molecule has 1 aromatic carbocycles. The summed E-state index contributed by atoms with van der Waals surface area (Å²) in [4.78, 5) is 20.2. The summed E-state index contributed by atoms with van der Waals surface area (Å²) < 4.78 is 1.04. The second kappa shape index (κ2) is 8.38. The maximum Gasteiger partial charge on any atom is 0.244 e. The fraction of sp³-hybridized carbons (Fsp3) is 0.150. The zero-order valence-electron chi connectivity index (χ0n) is 14.7. The highest BCUT2D eigenvalue weighted by Gasteiger charge is 2.41. The van der Waals surface area contributed by atoms with Crippen LogP contribution in [0.25, 0.3) is 0 Å². The monoisotopic (exact) mass is 472 g/mol. The number of pyridine rings is 1. The molecule has 142 valence electrons. The molecule has 1 aliphatic rings. The Bertz CT molecular complexity index is 980. The summed E-state index contributed by atoms with van der Waals surface area (Å²) in [6.45, 7) is 0.157. The summed E-state index contributed by atoms with van der Waals surface area (Å²) in [6, 6.07) is 19.1. The van der Waals surface area contributed by atoms with E-state index in [9.17, 15) is 4.79 Å². The van der Waals surface area contributed by atoms with Crippen LogP contribution in [0.2, 0.25) is 0 Å². The zero-order valence-corrected chi connectivity index (χ0v) is 17.9. The van der Waals surface area contributed by atoms with E-state index in [1.54, 1.807) is 17.5 Å². The van der Waals surface area contributed by atoms with Gasteiger partial charge >= 0.3 is 0 Å². The molecule has 4 rings (SSSR count). The van der Waals surface area contributed by atoms with Gasteiger partial charge in [0.05, 0.1) is 21.6 Å². The van der Waals surface area contributed by atoms with E-state index in [1.807, 2.05) is 59.5 Å². The number of benzene rings is 1. The lowest BCUT2D eigenvalue weighted by Crippen LogP contribution is -2.36. The topological polar surface area (TPSA) is 57.3 Å². The number of thiocarbonyl (C=S) groups is 1. The fourth-order valence-corrected chi connectivity index (χ4v) is 5.13. The molecule has 28 heavy (non-hydrogen) atoms. The third kappa shape index (κ3) is 4.09. The van der Waals surface area contributed by atoms with Crippen LogP contribution in [0.15, 0.2) is 70.6 Å². The number of hydrogen-bond acceptors (Lipinski definition) is 4. The van der Waals surface area contributed by atoms with E-state index in [0.29, 0.717) is 5.11 Å². The predicted octanol–water partition coefficient (Wildman–Crippen LogP) is 4.52. The predicted molar refractivity (Wildman–Crippen MR) is 119 cm³/mol. The van der Waals surface area contributed by atoms with E-state index in [1.165, 1.54) is 0 Å². The fourth-order valence-electron chi connectivity index (χ4n) is 3.25. The molecule has 1 aliphatic heterocycles. The summed E-state index contributed by atoms with van der Waals surface area (Å²) in [5.41, 5.74) is 1.66. The van der Waals surface area contributed by atoms with Crippen LogP contribution in [0.4, 0.5) is 5.69 Å². The first kappa shape index (κ1) is 19.0. The second-order valence-corrected chi connectivity index (χ2v) is 9.19. The van der Waals surface area contributed by atoms with Gasteiger partial charge in [0.15, 0.2) is 5.11 Å². The summed E-state index contributed by atoms with van der Waals surface area (Å²) in [5, 5.41) is 6.83. The number of halogens is 1. The van der Waals surface area contributed by atoms with Gasteiger partial charge in [-0.15, -0.1) is 11.3 Å². The van der Waals surface area contributed by atoms with E-state index in [2.05, 4.69) is 37.6 Å². The van der Waals surface area contributed by atoms with Gasteiger partial charge in [-0.3, -0.25) is 9.78 Å². The Morgan fingerprint density at radius 3 is 2.64 bits per heavy atom. The van der Waals surface area contributed by atoms with Gasteiger partial charge in [0.1, 0.15) is 6.54 Å². The smallest absolute Gasteiger partial charge is 0.244 e. The highest BCUT2D eigenvalue weighted by Crippen LogP contribution is 2.42. The molecule has 2 N–H and O–H groups in total. The number of amides is 1. The van der Waals surface area contributed by atoms with Crippen LogP contribution < -0.4 is 10.6 Å². The minimum Gasteiger partial charge on any atom is -0.352 e. The van der Waals surface area contributed by atoms with E-state index in [-0.39, 0.29) is 24.5 Å². The van der Waals surface area contributed by atoms with Crippen molar-refractivity contribution in [3.8, 4) is 0 Å². The Morgan fingerprint density at radius 2 is 1.96 bits per heavy atom. The van der Waals surface area contributed by atoms with Crippen LogP contribution in [-0.2, 0) is 4.79 Å². The standard InChI is InChI=1S/C20H17BrN4OS2/c21-16-10-9-15(28-16)19-18(14-8-4-5-11-22-14)24-20(27)25(19)12-17(26)23-13-6-2-1-3-7-13/h1-11,18-19H,12H2,(H,23,26)(H,24,27). The number of thiophene rings is 1. The second-order valence-electron chi connectivity index (χ2n) is 6.31. The van der Waals surface area contributed by atoms with Gasteiger partial charge in [-0.1, -0.05) is 24.3 Å². The molecule has 8 heteroatoms. The lowest BCUT2D eigenvalue weighted by molar-refractivity contribution is -0.116. The number of hydrogen-bond donors (Lipinski definition) is 2. The molecule has 1 saturated heterocycles. The third-order valence-corrected chi connectivity index (χ3v) is 6.50. The Hall–Kier alpha value is -2.29. The summed E-state index contributed by atoms with van der Waals surface area (Å²) in [5.74, 6) is -0.113. The molecule has 1 fully saturated rings. The van der Waals surface area contributed by atoms with Crippen molar-refractivity contribution in [2.45, 2.75) is 12.1 Å². The molecular weight excluding hydrogens is 456 g/mol. The number of carbonyl (C=O) groups excluding carboxylic acids is 1. The molecular formula is C20H17BrN4OS2. The van der Waals surface area contributed by atoms with Crippen LogP contribution >= 0.6 is 39.5 Å². The first-order valence-electron chi connectivity index (χ1n) is 8.70. The van der Waals surface area contributed by atoms with Crippen molar-refractivity contribution in [3.63, 3.8) is 0 Å². The van der Waals surface area contributed by atoms with Crippen LogP contribution in [0.3, 0.4) is 0 Å². The van der Waals surface area contributed by atoms with Gasteiger partial charge in [-0.2, -0.15) is 0 Å². The molecule has 3 heterocycles. The van der Waals surface area contributed by atoms with Crippen LogP contribution in [0.1, 0.15) is 22.7 Å². The number of rotatable bonds is 5. The summed E-state index contributed by atoms with van der Waals surface area (Å²) in [7, 11) is 0. The van der Waals surface area contributed by atoms with Crippen molar-refractivity contribution >= 4 is 56.2 Å². The Kier molecular flexibility index (Phi) is 5.70. The van der Waals surface area contributed by atoms with Gasteiger partial charge in [-0.05, 0) is 64.5 Å². The number of para-hydroxylation sites is 1. The number of aromatic nitrogens is 1. The Balaban J connectivity index is 1.61. The van der Waals surface area contributed by atoms with Gasteiger partial charge < -0.3 is 15.5 Å². The minimum absolute atomic E-state index is 0.111. The highest BCUT2D eigenvalue weighted by molar-refractivity contribution is 9.11. The highest BCUT2D eigenvalue weighted by atomic mass is 79.9. The van der Waals surface area contributed by atoms with E-state index < -0.39 is 0 Å². The lowest BCUT2D eigenvalue weighted by Gasteiger charge is -2.26. The van der Waals surface area contributed by atoms with Crippen LogP contribution in [0.5, 0.6) is 0 Å². The first-order chi connectivity index (χ1) is 13.6. The van der Waals surface area contributed by atoms with Crippen molar-refractivity contribution in [1.82, 2.24) is 15.2 Å². The SMILES string of the molecule is O=C(CN1C(=S)NC(c2ccccn2)C1c1ccc(Br)s1)Nc1ccccc1. The van der Waals surface area contributed by atoms with Crippen LogP contribution in [0, 0.1) is 0 Å². The molecule has 1 amide bonds. The number of anilines is 1. The van der Waals surface area contributed by atoms with Crippen molar-refractivity contribution in [2.24, 2.45) is 0 Å². The Labute approximate surface area is 180 Å². The maximum absolute atomic E-state index is 12.7. The average molecular weight is 473 g/mol. The largest absolute Gasteiger partial charge is 0.352 e. The van der Waals surface area contributed by atoms with E-state index in [4.69, 9.17) is 12.2 Å². The molecule has 2 unspecified atom stereocenters. The molecule has 2 atom stereocenters. The van der Waals surface area contributed by atoms with Gasteiger partial charge in [-0.25, -0.2) is 0 Å². The van der Waals surface area contributed by atoms with Gasteiger partial charge in [0, 0.05) is 16.8 Å². The quantitative estimate of drug-likeness (QED) is 0.534. The molecule has 0 spiro atoms. The van der Waals surface area contributed by atoms with E-state index >= 15 is 0 Å².